The van der Waals surface area contributed by atoms with Gasteiger partial charge in [0.2, 0.25) is 0 Å². The van der Waals surface area contributed by atoms with E-state index in [0.717, 1.165) is 12.0 Å². The summed E-state index contributed by atoms with van der Waals surface area (Å²) < 4.78 is 5.58. The number of hydrogen-bond donors (Lipinski definition) is 0. The maximum absolute atomic E-state index is 12.5. The predicted molar refractivity (Wildman–Crippen MR) is 70.2 cm³/mol. The minimum atomic E-state index is -1.15. The third kappa shape index (κ3) is 2.38. The summed E-state index contributed by atoms with van der Waals surface area (Å²) in [5.41, 5.74) is -0.906. The van der Waals surface area contributed by atoms with Gasteiger partial charge in [0.05, 0.1) is 0 Å². The second-order valence-electron chi connectivity index (χ2n) is 5.43. The third-order valence-corrected chi connectivity index (χ3v) is 3.62. The Morgan fingerprint density at radius 2 is 2.00 bits per heavy atom. The first-order valence-electron chi connectivity index (χ1n) is 6.56. The summed E-state index contributed by atoms with van der Waals surface area (Å²) in [7, 11) is 0. The number of benzene rings is 1. The van der Waals surface area contributed by atoms with Crippen LogP contribution in [0.3, 0.4) is 0 Å². The highest BCUT2D eigenvalue weighted by atomic mass is 17.3. The standard InChI is InChI=1S/C15H20O4/c1-5-14(3,4)17-13(16)15(11(2)18-19-15)12-9-7-6-8-10-12/h6-11H,5H2,1-4H3. The molecule has 0 bridgehead atoms. The maximum Gasteiger partial charge on any atom is 0.350 e. The summed E-state index contributed by atoms with van der Waals surface area (Å²) in [6.45, 7) is 7.54. The van der Waals surface area contributed by atoms with E-state index in [1.54, 1.807) is 6.92 Å². The number of carbonyl (C=O) groups is 1. The molecule has 2 atom stereocenters. The van der Waals surface area contributed by atoms with E-state index >= 15 is 0 Å². The van der Waals surface area contributed by atoms with Gasteiger partial charge in [-0.15, -0.1) is 0 Å². The maximum atomic E-state index is 12.5. The second kappa shape index (κ2) is 4.94. The van der Waals surface area contributed by atoms with Crippen molar-refractivity contribution in [3.63, 3.8) is 0 Å². The summed E-state index contributed by atoms with van der Waals surface area (Å²) in [4.78, 5) is 22.7. The van der Waals surface area contributed by atoms with Crippen molar-refractivity contribution in [3.05, 3.63) is 35.9 Å². The molecule has 4 nitrogen and oxygen atoms in total. The molecule has 1 aromatic carbocycles. The molecule has 1 aliphatic heterocycles. The summed E-state index contributed by atoms with van der Waals surface area (Å²) in [6, 6.07) is 9.31. The van der Waals surface area contributed by atoms with Crippen LogP contribution in [0.4, 0.5) is 0 Å². The van der Waals surface area contributed by atoms with Crippen LogP contribution in [0.2, 0.25) is 0 Å². The van der Waals surface area contributed by atoms with E-state index in [1.807, 2.05) is 51.1 Å². The molecule has 2 rings (SSSR count). The molecule has 4 heteroatoms. The molecule has 1 aromatic rings. The Morgan fingerprint density at radius 1 is 1.37 bits per heavy atom. The van der Waals surface area contributed by atoms with Crippen molar-refractivity contribution in [2.75, 3.05) is 0 Å². The van der Waals surface area contributed by atoms with Crippen LogP contribution in [0.25, 0.3) is 0 Å². The fourth-order valence-electron chi connectivity index (χ4n) is 1.93. The molecule has 2 unspecified atom stereocenters. The highest BCUT2D eigenvalue weighted by Gasteiger charge is 2.59. The molecule has 0 aliphatic carbocycles. The van der Waals surface area contributed by atoms with E-state index in [4.69, 9.17) is 14.5 Å². The molecule has 0 amide bonds. The van der Waals surface area contributed by atoms with Gasteiger partial charge in [-0.3, -0.25) is 0 Å². The SMILES string of the molecule is CCC(C)(C)OC(=O)C1(c2ccccc2)OOC1C. The fraction of sp³-hybridized carbons (Fsp3) is 0.533. The quantitative estimate of drug-likeness (QED) is 0.619. The summed E-state index contributed by atoms with van der Waals surface area (Å²) in [5, 5.41) is 0. The van der Waals surface area contributed by atoms with Gasteiger partial charge in [0, 0.05) is 5.56 Å². The number of rotatable bonds is 4. The van der Waals surface area contributed by atoms with Gasteiger partial charge in [-0.25, -0.2) is 14.6 Å². The molecule has 0 spiro atoms. The summed E-state index contributed by atoms with van der Waals surface area (Å²) in [6.07, 6.45) is 0.369. The summed E-state index contributed by atoms with van der Waals surface area (Å²) >= 11 is 0. The highest BCUT2D eigenvalue weighted by Crippen LogP contribution is 2.42. The zero-order valence-corrected chi connectivity index (χ0v) is 11.8. The van der Waals surface area contributed by atoms with Gasteiger partial charge in [0.1, 0.15) is 11.7 Å². The molecule has 1 saturated heterocycles. The third-order valence-electron chi connectivity index (χ3n) is 3.62. The number of ether oxygens (including phenoxy) is 1. The number of carbonyl (C=O) groups excluding carboxylic acids is 1. The van der Waals surface area contributed by atoms with Crippen LogP contribution in [0, 0.1) is 0 Å². The molecule has 1 heterocycles. The topological polar surface area (TPSA) is 44.8 Å². The summed E-state index contributed by atoms with van der Waals surface area (Å²) in [5.74, 6) is -0.399. The van der Waals surface area contributed by atoms with E-state index in [1.165, 1.54) is 0 Å². The highest BCUT2D eigenvalue weighted by molar-refractivity contribution is 5.83. The van der Waals surface area contributed by atoms with Crippen molar-refractivity contribution in [1.82, 2.24) is 0 Å². The first-order chi connectivity index (χ1) is 8.92. The van der Waals surface area contributed by atoms with Crippen LogP contribution in [0.15, 0.2) is 30.3 Å². The van der Waals surface area contributed by atoms with Gasteiger partial charge in [-0.2, -0.15) is 0 Å². The Balaban J connectivity index is 2.29. The number of hydrogen-bond acceptors (Lipinski definition) is 4. The minimum absolute atomic E-state index is 0.366. The molecule has 0 aromatic heterocycles. The predicted octanol–water partition coefficient (Wildman–Crippen LogP) is 2.96. The Hall–Kier alpha value is -1.39. The Kier molecular flexibility index (Phi) is 3.65. The van der Waals surface area contributed by atoms with Crippen molar-refractivity contribution < 1.29 is 19.3 Å². The zero-order valence-electron chi connectivity index (χ0n) is 11.8. The van der Waals surface area contributed by atoms with E-state index in [9.17, 15) is 4.79 Å². The first kappa shape index (κ1) is 14.0. The van der Waals surface area contributed by atoms with Crippen LogP contribution < -0.4 is 0 Å². The van der Waals surface area contributed by atoms with Crippen LogP contribution in [-0.4, -0.2) is 17.7 Å². The molecular weight excluding hydrogens is 244 g/mol. The van der Waals surface area contributed by atoms with Crippen LogP contribution in [0.1, 0.15) is 39.7 Å². The van der Waals surface area contributed by atoms with E-state index in [2.05, 4.69) is 0 Å². The van der Waals surface area contributed by atoms with E-state index < -0.39 is 17.2 Å². The molecule has 19 heavy (non-hydrogen) atoms. The molecular formula is C15H20O4. The van der Waals surface area contributed by atoms with Crippen molar-refractivity contribution in [3.8, 4) is 0 Å². The molecule has 1 aliphatic rings. The van der Waals surface area contributed by atoms with E-state index in [-0.39, 0.29) is 6.10 Å². The van der Waals surface area contributed by atoms with Gasteiger partial charge < -0.3 is 4.74 Å². The average Bonchev–Trinajstić information content (AvgIpc) is 2.38. The largest absolute Gasteiger partial charge is 0.457 e. The molecule has 1 fully saturated rings. The normalized spacial score (nSPS) is 26.6. The molecule has 0 saturated carbocycles. The monoisotopic (exact) mass is 264 g/mol. The smallest absolute Gasteiger partial charge is 0.350 e. The van der Waals surface area contributed by atoms with Crippen LogP contribution in [-0.2, 0) is 24.9 Å². The van der Waals surface area contributed by atoms with Gasteiger partial charge in [-0.05, 0) is 27.2 Å². The fourth-order valence-corrected chi connectivity index (χ4v) is 1.93. The van der Waals surface area contributed by atoms with Gasteiger partial charge in [-0.1, -0.05) is 37.3 Å². The van der Waals surface area contributed by atoms with Crippen molar-refractivity contribution in [2.24, 2.45) is 0 Å². The Bertz CT molecular complexity index is 454. The minimum Gasteiger partial charge on any atom is -0.457 e. The lowest BCUT2D eigenvalue weighted by atomic mass is 9.87. The Morgan fingerprint density at radius 3 is 2.42 bits per heavy atom. The van der Waals surface area contributed by atoms with Crippen molar-refractivity contribution >= 4 is 5.97 Å². The lowest BCUT2D eigenvalue weighted by Crippen LogP contribution is -2.59. The Labute approximate surface area is 113 Å². The molecule has 0 N–H and O–H groups in total. The number of esters is 1. The average molecular weight is 264 g/mol. The van der Waals surface area contributed by atoms with Gasteiger partial charge >= 0.3 is 5.97 Å². The van der Waals surface area contributed by atoms with Crippen LogP contribution in [0.5, 0.6) is 0 Å². The molecule has 0 radical (unpaired) electrons. The van der Waals surface area contributed by atoms with Gasteiger partial charge in [0.15, 0.2) is 0 Å². The zero-order chi connectivity index (χ0) is 14.1. The lowest BCUT2D eigenvalue weighted by Gasteiger charge is -2.44. The lowest BCUT2D eigenvalue weighted by molar-refractivity contribution is -0.501. The molecule has 104 valence electrons. The van der Waals surface area contributed by atoms with Crippen molar-refractivity contribution in [2.45, 2.75) is 51.4 Å². The van der Waals surface area contributed by atoms with Crippen molar-refractivity contribution in [1.29, 1.82) is 0 Å². The van der Waals surface area contributed by atoms with Crippen LogP contribution >= 0.6 is 0 Å². The first-order valence-corrected chi connectivity index (χ1v) is 6.56. The van der Waals surface area contributed by atoms with E-state index in [0.29, 0.717) is 0 Å². The second-order valence-corrected chi connectivity index (χ2v) is 5.43. The van der Waals surface area contributed by atoms with Gasteiger partial charge in [0.25, 0.3) is 5.60 Å².